The summed E-state index contributed by atoms with van der Waals surface area (Å²) in [6.07, 6.45) is 3.04. The number of allylic oxidation sites excluding steroid dienone is 2. The topological polar surface area (TPSA) is 99.1 Å². The number of Topliss-reactive ketones (excluding diaryl/α,β-unsaturated/α-hetero) is 1. The number of aromatic hydroxyl groups is 1. The van der Waals surface area contributed by atoms with Gasteiger partial charge in [0, 0.05) is 17.2 Å². The lowest BCUT2D eigenvalue weighted by Gasteiger charge is -2.34. The first-order valence-electron chi connectivity index (χ1n) is 9.36. The number of phenols is 1. The maximum atomic E-state index is 12.6. The minimum absolute atomic E-state index is 0.0129. The summed E-state index contributed by atoms with van der Waals surface area (Å²) in [7, 11) is 2.64. The largest absolute Gasteiger partial charge is 0.507 e. The number of hydrogen-bond acceptors (Lipinski definition) is 7. The van der Waals surface area contributed by atoms with Crippen LogP contribution in [-0.4, -0.2) is 43.0 Å². The summed E-state index contributed by atoms with van der Waals surface area (Å²) in [5.41, 5.74) is 1.34. The van der Waals surface area contributed by atoms with Gasteiger partial charge in [0.05, 0.1) is 38.4 Å². The van der Waals surface area contributed by atoms with E-state index in [-0.39, 0.29) is 35.0 Å². The van der Waals surface area contributed by atoms with E-state index < -0.39 is 23.8 Å². The zero-order chi connectivity index (χ0) is 20.4. The molecule has 2 atom stereocenters. The normalized spacial score (nSPS) is 20.9. The van der Waals surface area contributed by atoms with E-state index >= 15 is 0 Å². The molecule has 3 rings (SSSR count). The summed E-state index contributed by atoms with van der Waals surface area (Å²) in [6, 6.07) is 1.63. The fraction of sp³-hybridized carbons (Fsp3) is 0.476. The molecule has 7 heteroatoms. The van der Waals surface area contributed by atoms with E-state index in [1.807, 2.05) is 6.92 Å². The fourth-order valence-electron chi connectivity index (χ4n) is 3.82. The van der Waals surface area contributed by atoms with Crippen molar-refractivity contribution in [3.05, 3.63) is 40.2 Å². The zero-order valence-electron chi connectivity index (χ0n) is 16.2. The van der Waals surface area contributed by atoms with Crippen LogP contribution in [0.3, 0.4) is 0 Å². The molecule has 1 aliphatic heterocycles. The number of esters is 1. The number of phenolic OH excluding ortho intramolecular Hbond substituents is 1. The molecule has 0 saturated heterocycles. The van der Waals surface area contributed by atoms with Crippen LogP contribution in [0.1, 0.15) is 70.6 Å². The first-order valence-corrected chi connectivity index (χ1v) is 9.36. The second kappa shape index (κ2) is 8.14. The number of unbranched alkanes of at least 4 members (excludes halogenated alkanes) is 1. The van der Waals surface area contributed by atoms with E-state index in [1.165, 1.54) is 14.2 Å². The number of benzene rings is 1. The Labute approximate surface area is 163 Å². The van der Waals surface area contributed by atoms with Gasteiger partial charge in [0.1, 0.15) is 5.75 Å². The Morgan fingerprint density at radius 3 is 2.71 bits per heavy atom. The van der Waals surface area contributed by atoms with Crippen LogP contribution in [-0.2, 0) is 25.4 Å². The number of hydrogen-bond donors (Lipinski definition) is 1. The van der Waals surface area contributed by atoms with Crippen molar-refractivity contribution in [1.29, 1.82) is 0 Å². The lowest BCUT2D eigenvalue weighted by molar-refractivity contribution is -0.145. The van der Waals surface area contributed by atoms with Gasteiger partial charge in [0.2, 0.25) is 5.78 Å². The van der Waals surface area contributed by atoms with Crippen LogP contribution in [0.2, 0.25) is 0 Å². The number of carbonyl (C=O) groups is 3. The molecule has 0 amide bonds. The molecule has 1 heterocycles. The van der Waals surface area contributed by atoms with Crippen LogP contribution in [0.25, 0.3) is 0 Å². The van der Waals surface area contributed by atoms with Gasteiger partial charge >= 0.3 is 5.97 Å². The van der Waals surface area contributed by atoms with Gasteiger partial charge in [-0.25, -0.2) is 0 Å². The highest BCUT2D eigenvalue weighted by atomic mass is 16.5. The van der Waals surface area contributed by atoms with Crippen molar-refractivity contribution >= 4 is 17.5 Å². The minimum Gasteiger partial charge on any atom is -0.507 e. The predicted molar refractivity (Wildman–Crippen MR) is 99.3 cm³/mol. The lowest BCUT2D eigenvalue weighted by Crippen LogP contribution is -2.30. The van der Waals surface area contributed by atoms with E-state index in [0.29, 0.717) is 24.0 Å². The third-order valence-electron chi connectivity index (χ3n) is 5.19. The molecular weight excluding hydrogens is 364 g/mol. The summed E-state index contributed by atoms with van der Waals surface area (Å²) >= 11 is 0. The Balaban J connectivity index is 2.08. The van der Waals surface area contributed by atoms with Crippen molar-refractivity contribution < 1.29 is 33.7 Å². The maximum Gasteiger partial charge on any atom is 0.308 e. The van der Waals surface area contributed by atoms with Crippen molar-refractivity contribution in [2.75, 3.05) is 14.2 Å². The molecule has 2 aliphatic rings. The van der Waals surface area contributed by atoms with E-state index in [9.17, 15) is 19.5 Å². The van der Waals surface area contributed by atoms with Crippen molar-refractivity contribution in [2.24, 2.45) is 0 Å². The molecule has 28 heavy (non-hydrogen) atoms. The van der Waals surface area contributed by atoms with Gasteiger partial charge < -0.3 is 19.3 Å². The first kappa shape index (κ1) is 20.1. The van der Waals surface area contributed by atoms with Crippen molar-refractivity contribution in [3.63, 3.8) is 0 Å². The first-order chi connectivity index (χ1) is 13.4. The van der Waals surface area contributed by atoms with Crippen molar-refractivity contribution in [3.8, 4) is 5.75 Å². The van der Waals surface area contributed by atoms with Gasteiger partial charge in [0.25, 0.3) is 0 Å². The summed E-state index contributed by atoms with van der Waals surface area (Å²) < 4.78 is 15.8. The zero-order valence-corrected chi connectivity index (χ0v) is 16.2. The molecular formula is C21H24O7. The van der Waals surface area contributed by atoms with Gasteiger partial charge in [-0.1, -0.05) is 19.8 Å². The third-order valence-corrected chi connectivity index (χ3v) is 5.19. The molecule has 1 aromatic carbocycles. The van der Waals surface area contributed by atoms with Gasteiger partial charge in [0.15, 0.2) is 11.5 Å². The molecule has 0 radical (unpaired) electrons. The van der Waals surface area contributed by atoms with Crippen molar-refractivity contribution in [1.82, 2.24) is 0 Å². The Bertz CT molecular complexity index is 853. The van der Waals surface area contributed by atoms with Crippen LogP contribution in [0.4, 0.5) is 0 Å². The Morgan fingerprint density at radius 1 is 1.32 bits per heavy atom. The highest BCUT2D eigenvalue weighted by molar-refractivity contribution is 6.25. The molecule has 1 aliphatic carbocycles. The number of ether oxygens (including phenoxy) is 3. The second-order valence-electron chi connectivity index (χ2n) is 7.00. The Hall–Kier alpha value is -2.67. The number of carbonyl (C=O) groups excluding carboxylic acids is 3. The van der Waals surface area contributed by atoms with Crippen LogP contribution >= 0.6 is 0 Å². The Kier molecular flexibility index (Phi) is 5.84. The lowest BCUT2D eigenvalue weighted by atomic mass is 9.82. The molecule has 7 nitrogen and oxygen atoms in total. The molecule has 1 N–H and O–H groups in total. The Morgan fingerprint density at radius 2 is 2.07 bits per heavy atom. The van der Waals surface area contributed by atoms with Crippen LogP contribution in [0.15, 0.2) is 17.9 Å². The molecule has 0 bridgehead atoms. The fourth-order valence-corrected chi connectivity index (χ4v) is 3.82. The van der Waals surface area contributed by atoms with Gasteiger partial charge in [-0.2, -0.15) is 0 Å². The predicted octanol–water partition coefficient (Wildman–Crippen LogP) is 3.04. The summed E-state index contributed by atoms with van der Waals surface area (Å²) in [4.78, 5) is 36.8. The summed E-state index contributed by atoms with van der Waals surface area (Å²) in [5, 5.41) is 10.9. The summed E-state index contributed by atoms with van der Waals surface area (Å²) in [6.45, 7) is 2.04. The van der Waals surface area contributed by atoms with E-state index in [4.69, 9.17) is 14.2 Å². The van der Waals surface area contributed by atoms with Gasteiger partial charge in [-0.15, -0.1) is 0 Å². The van der Waals surface area contributed by atoms with E-state index in [0.717, 1.165) is 18.9 Å². The number of fused-ring (bicyclic) bond motifs is 2. The third kappa shape index (κ3) is 3.54. The average molecular weight is 388 g/mol. The number of ketones is 2. The molecule has 0 saturated carbocycles. The van der Waals surface area contributed by atoms with E-state index in [2.05, 4.69) is 0 Å². The monoisotopic (exact) mass is 388 g/mol. The SMILES string of the molecule is CCCC[C@@H]1O[C@H](CC(=O)OC)Cc2cc3c(c(O)c21)C(=O)C=C(OC)C3=O. The number of rotatable bonds is 6. The van der Waals surface area contributed by atoms with Crippen LogP contribution < -0.4 is 0 Å². The average Bonchev–Trinajstić information content (AvgIpc) is 2.68. The quantitative estimate of drug-likeness (QED) is 0.748. The minimum atomic E-state index is -0.474. The molecule has 0 aromatic heterocycles. The van der Waals surface area contributed by atoms with Crippen LogP contribution in [0, 0.1) is 0 Å². The standard InChI is InChI=1S/C21H24O7/c1-4-5-6-15-18-11(7-12(28-15)9-17(23)27-3)8-13-19(21(18)25)14(22)10-16(26-2)20(13)24/h8,10,12,15,25H,4-7,9H2,1-3H3/t12-,15-/m0/s1. The van der Waals surface area contributed by atoms with Crippen LogP contribution in [0.5, 0.6) is 5.75 Å². The molecule has 0 fully saturated rings. The smallest absolute Gasteiger partial charge is 0.308 e. The molecule has 0 unspecified atom stereocenters. The van der Waals surface area contributed by atoms with Gasteiger partial charge in [-0.05, 0) is 24.5 Å². The molecule has 1 aromatic rings. The summed E-state index contributed by atoms with van der Waals surface area (Å²) in [5.74, 6) is -1.58. The molecule has 150 valence electrons. The maximum absolute atomic E-state index is 12.6. The highest BCUT2D eigenvalue weighted by Crippen LogP contribution is 2.44. The second-order valence-corrected chi connectivity index (χ2v) is 7.00. The van der Waals surface area contributed by atoms with Gasteiger partial charge in [-0.3, -0.25) is 14.4 Å². The molecule has 0 spiro atoms. The van der Waals surface area contributed by atoms with E-state index in [1.54, 1.807) is 6.07 Å². The number of methoxy groups -OCH3 is 2. The van der Waals surface area contributed by atoms with Crippen molar-refractivity contribution in [2.45, 2.75) is 51.2 Å². The highest BCUT2D eigenvalue weighted by Gasteiger charge is 2.37.